The van der Waals surface area contributed by atoms with Crippen molar-refractivity contribution in [3.05, 3.63) is 59.7 Å². The standard InChI is InChI=1S/C12H11F3O6.C8H10O/c13-12(14,15)21-20-10(11(17)18)7-8-1-3-9(4-2-8)19-6-5-16;1-7-4-3-5-8(6-7)9-2/h1-5,10H,6-7H2,(H,17,18);3-6H,1-2H3. The van der Waals surface area contributed by atoms with Crippen LogP contribution >= 0.6 is 0 Å². The number of rotatable bonds is 9. The molecule has 0 heterocycles. The highest BCUT2D eigenvalue weighted by atomic mass is 19.4. The third kappa shape index (κ3) is 10.4. The monoisotopic (exact) mass is 430 g/mol. The maximum absolute atomic E-state index is 11.8. The Morgan fingerprint density at radius 1 is 1.13 bits per heavy atom. The Balaban J connectivity index is 0.000000414. The summed E-state index contributed by atoms with van der Waals surface area (Å²) in [7, 11) is 1.68. The Labute approximate surface area is 170 Å². The maximum atomic E-state index is 11.8. The number of halogens is 3. The summed E-state index contributed by atoms with van der Waals surface area (Å²) in [5.74, 6) is -0.305. The Morgan fingerprint density at radius 3 is 2.27 bits per heavy atom. The fourth-order valence-electron chi connectivity index (χ4n) is 2.08. The Bertz CT molecular complexity index is 792. The van der Waals surface area contributed by atoms with Gasteiger partial charge in [0.05, 0.1) is 7.11 Å². The first kappa shape index (κ1) is 24.9. The Kier molecular flexibility index (Phi) is 10.3. The predicted octanol–water partition coefficient (Wildman–Crippen LogP) is 3.73. The van der Waals surface area contributed by atoms with Crippen molar-refractivity contribution >= 4 is 12.3 Å². The summed E-state index contributed by atoms with van der Waals surface area (Å²) in [5.41, 5.74) is 1.63. The van der Waals surface area contributed by atoms with Gasteiger partial charge in [-0.3, -0.25) is 4.79 Å². The number of carbonyl (C=O) groups excluding carboxylic acids is 1. The summed E-state index contributed by atoms with van der Waals surface area (Å²) in [6.07, 6.45) is -6.68. The van der Waals surface area contributed by atoms with Gasteiger partial charge in [-0.25, -0.2) is 9.68 Å². The quantitative estimate of drug-likeness (QED) is 0.368. The van der Waals surface area contributed by atoms with Crippen LogP contribution in [0, 0.1) is 6.92 Å². The lowest BCUT2D eigenvalue weighted by molar-refractivity contribution is -0.492. The number of aldehydes is 1. The van der Waals surface area contributed by atoms with E-state index in [1.165, 1.54) is 29.8 Å². The van der Waals surface area contributed by atoms with Crippen molar-refractivity contribution in [2.75, 3.05) is 13.7 Å². The summed E-state index contributed by atoms with van der Waals surface area (Å²) in [6.45, 7) is 1.90. The molecule has 2 aromatic carbocycles. The molecule has 0 amide bonds. The minimum atomic E-state index is -5.08. The number of hydrogen-bond donors (Lipinski definition) is 1. The van der Waals surface area contributed by atoms with Crippen molar-refractivity contribution in [2.45, 2.75) is 25.8 Å². The van der Waals surface area contributed by atoms with Crippen LogP contribution in [-0.2, 0) is 25.8 Å². The molecule has 1 atom stereocenters. The molecule has 0 radical (unpaired) electrons. The zero-order valence-corrected chi connectivity index (χ0v) is 16.2. The largest absolute Gasteiger partial charge is 0.549 e. The topological polar surface area (TPSA) is 91.3 Å². The first-order valence-electron chi connectivity index (χ1n) is 8.54. The smallest absolute Gasteiger partial charge is 0.497 e. The SMILES string of the molecule is COc1cccc(C)c1.O=CCOc1ccc(CC(OOC(F)(F)F)C(=O)O)cc1. The number of aliphatic carboxylic acids is 1. The molecule has 0 fully saturated rings. The van der Waals surface area contributed by atoms with E-state index in [1.54, 1.807) is 7.11 Å². The number of benzene rings is 2. The van der Waals surface area contributed by atoms with Gasteiger partial charge in [-0.05, 0) is 42.3 Å². The maximum Gasteiger partial charge on any atom is 0.549 e. The van der Waals surface area contributed by atoms with Crippen LogP contribution in [0.2, 0.25) is 0 Å². The number of carboxylic acid groups (broad SMARTS) is 1. The van der Waals surface area contributed by atoms with Crippen molar-refractivity contribution in [3.8, 4) is 11.5 Å². The van der Waals surface area contributed by atoms with Crippen molar-refractivity contribution in [1.29, 1.82) is 0 Å². The summed E-state index contributed by atoms with van der Waals surface area (Å²) in [6, 6.07) is 13.7. The van der Waals surface area contributed by atoms with Crippen LogP contribution in [0.15, 0.2) is 48.5 Å². The first-order valence-corrected chi connectivity index (χ1v) is 8.54. The van der Waals surface area contributed by atoms with E-state index in [2.05, 4.69) is 9.78 Å². The molecule has 10 heteroatoms. The van der Waals surface area contributed by atoms with Crippen molar-refractivity contribution in [1.82, 2.24) is 0 Å². The number of methoxy groups -OCH3 is 1. The van der Waals surface area contributed by atoms with E-state index in [0.29, 0.717) is 17.6 Å². The number of ether oxygens (including phenoxy) is 2. The number of hydrogen-bond acceptors (Lipinski definition) is 6. The number of carboxylic acids is 1. The summed E-state index contributed by atoms with van der Waals surface area (Å²) < 4.78 is 45.4. The number of carbonyl (C=O) groups is 2. The van der Waals surface area contributed by atoms with Gasteiger partial charge >= 0.3 is 12.3 Å². The lowest BCUT2D eigenvalue weighted by Gasteiger charge is -2.13. The van der Waals surface area contributed by atoms with E-state index >= 15 is 0 Å². The van der Waals surface area contributed by atoms with Crippen molar-refractivity contribution in [2.24, 2.45) is 0 Å². The third-order valence-electron chi connectivity index (χ3n) is 3.42. The van der Waals surface area contributed by atoms with Gasteiger partial charge in [-0.15, -0.1) is 18.1 Å². The minimum Gasteiger partial charge on any atom is -0.497 e. The summed E-state index contributed by atoms with van der Waals surface area (Å²) >= 11 is 0. The molecular weight excluding hydrogens is 409 g/mol. The second-order valence-corrected chi connectivity index (χ2v) is 5.80. The molecular formula is C20H21F3O7. The van der Waals surface area contributed by atoms with Gasteiger partial charge in [0.25, 0.3) is 0 Å². The van der Waals surface area contributed by atoms with E-state index < -0.39 is 18.4 Å². The van der Waals surface area contributed by atoms with E-state index in [0.717, 1.165) is 5.75 Å². The zero-order valence-electron chi connectivity index (χ0n) is 16.2. The van der Waals surface area contributed by atoms with Crippen LogP contribution in [0.5, 0.6) is 11.5 Å². The number of aryl methyl sites for hydroxylation is 1. The van der Waals surface area contributed by atoms with E-state index in [-0.39, 0.29) is 13.0 Å². The Morgan fingerprint density at radius 2 is 1.80 bits per heavy atom. The van der Waals surface area contributed by atoms with Gasteiger partial charge in [0, 0.05) is 6.42 Å². The molecule has 0 saturated carbocycles. The average molecular weight is 430 g/mol. The highest BCUT2D eigenvalue weighted by Gasteiger charge is 2.34. The fraction of sp³-hybridized carbons (Fsp3) is 0.300. The van der Waals surface area contributed by atoms with Crippen molar-refractivity contribution < 1.29 is 47.1 Å². The van der Waals surface area contributed by atoms with Gasteiger partial charge in [-0.2, -0.15) is 0 Å². The van der Waals surface area contributed by atoms with Gasteiger partial charge in [0.2, 0.25) is 0 Å². The molecule has 0 aliphatic heterocycles. The molecule has 164 valence electrons. The molecule has 0 aliphatic rings. The molecule has 0 aromatic heterocycles. The fourth-order valence-corrected chi connectivity index (χ4v) is 2.08. The van der Waals surface area contributed by atoms with Gasteiger partial charge in [0.15, 0.2) is 12.4 Å². The molecule has 0 aliphatic carbocycles. The van der Waals surface area contributed by atoms with Gasteiger partial charge in [-0.1, -0.05) is 24.3 Å². The van der Waals surface area contributed by atoms with E-state index in [4.69, 9.17) is 14.6 Å². The van der Waals surface area contributed by atoms with Crippen LogP contribution in [0.3, 0.4) is 0 Å². The Hall–Kier alpha value is -3.11. The number of alkyl halides is 3. The minimum absolute atomic E-state index is 0.139. The summed E-state index contributed by atoms with van der Waals surface area (Å²) in [4.78, 5) is 27.8. The van der Waals surface area contributed by atoms with Crippen LogP contribution < -0.4 is 9.47 Å². The molecule has 1 N–H and O–H groups in total. The first-order chi connectivity index (χ1) is 14.1. The summed E-state index contributed by atoms with van der Waals surface area (Å²) in [5, 5.41) is 8.77. The average Bonchev–Trinajstić information content (AvgIpc) is 2.70. The molecule has 2 rings (SSSR count). The molecule has 1 unspecified atom stereocenters. The lowest BCUT2D eigenvalue weighted by Crippen LogP contribution is -2.29. The molecule has 7 nitrogen and oxygen atoms in total. The van der Waals surface area contributed by atoms with Crippen molar-refractivity contribution in [3.63, 3.8) is 0 Å². The van der Waals surface area contributed by atoms with Crippen LogP contribution in [0.4, 0.5) is 13.2 Å². The predicted molar refractivity (Wildman–Crippen MR) is 99.1 cm³/mol. The van der Waals surface area contributed by atoms with E-state index in [1.807, 2.05) is 31.2 Å². The third-order valence-corrected chi connectivity index (χ3v) is 3.42. The molecule has 0 saturated heterocycles. The lowest BCUT2D eigenvalue weighted by atomic mass is 10.1. The van der Waals surface area contributed by atoms with Crippen LogP contribution in [-0.4, -0.2) is 43.5 Å². The second kappa shape index (κ2) is 12.5. The highest BCUT2D eigenvalue weighted by molar-refractivity contribution is 5.72. The zero-order chi connectivity index (χ0) is 22.6. The van der Waals surface area contributed by atoms with Crippen LogP contribution in [0.1, 0.15) is 11.1 Å². The molecule has 2 aromatic rings. The van der Waals surface area contributed by atoms with E-state index in [9.17, 15) is 22.8 Å². The van der Waals surface area contributed by atoms with Gasteiger partial charge in [0.1, 0.15) is 18.1 Å². The molecule has 0 bridgehead atoms. The highest BCUT2D eigenvalue weighted by Crippen LogP contribution is 2.19. The molecule has 30 heavy (non-hydrogen) atoms. The second-order valence-electron chi connectivity index (χ2n) is 5.80. The molecule has 0 spiro atoms. The van der Waals surface area contributed by atoms with Gasteiger partial charge < -0.3 is 14.6 Å². The normalized spacial score (nSPS) is 11.6. The van der Waals surface area contributed by atoms with Crippen LogP contribution in [0.25, 0.3) is 0 Å².